The molecule has 0 aliphatic heterocycles. The second-order valence-corrected chi connectivity index (χ2v) is 6.45. The molecule has 0 spiro atoms. The number of carboxylic acid groups (broad SMARTS) is 4. The van der Waals surface area contributed by atoms with E-state index < -0.39 is 51.7 Å². The SMILES string of the molecule is Cc1cc(C)c(C)c(-c2c(C(=O)O)c(C(=O)O)cc(C(=O)O)c2C(=O)O)c1C. The summed E-state index contributed by atoms with van der Waals surface area (Å²) < 4.78 is 0. The molecule has 0 saturated carbocycles. The number of rotatable bonds is 5. The summed E-state index contributed by atoms with van der Waals surface area (Å²) in [5, 5.41) is 38.3. The number of hydrogen-bond donors (Lipinski definition) is 4. The van der Waals surface area contributed by atoms with Crippen molar-refractivity contribution in [3.8, 4) is 11.1 Å². The molecule has 0 atom stereocenters. The zero-order chi connectivity index (χ0) is 21.5. The van der Waals surface area contributed by atoms with Crippen molar-refractivity contribution in [1.82, 2.24) is 0 Å². The molecule has 2 aromatic carbocycles. The first-order valence-corrected chi connectivity index (χ1v) is 8.12. The zero-order valence-corrected chi connectivity index (χ0v) is 15.6. The van der Waals surface area contributed by atoms with E-state index in [4.69, 9.17) is 0 Å². The lowest BCUT2D eigenvalue weighted by atomic mass is 9.81. The lowest BCUT2D eigenvalue weighted by Gasteiger charge is -2.21. The summed E-state index contributed by atoms with van der Waals surface area (Å²) in [6.45, 7) is 6.76. The predicted octanol–water partition coefficient (Wildman–Crippen LogP) is 3.38. The lowest BCUT2D eigenvalue weighted by molar-refractivity contribution is 0.0638. The van der Waals surface area contributed by atoms with Crippen LogP contribution in [-0.2, 0) is 0 Å². The van der Waals surface area contributed by atoms with Gasteiger partial charge in [-0.3, -0.25) is 0 Å². The Morgan fingerprint density at radius 3 is 1.21 bits per heavy atom. The van der Waals surface area contributed by atoms with Crippen molar-refractivity contribution in [1.29, 1.82) is 0 Å². The van der Waals surface area contributed by atoms with E-state index in [1.807, 2.05) is 6.07 Å². The van der Waals surface area contributed by atoms with E-state index >= 15 is 0 Å². The van der Waals surface area contributed by atoms with Crippen LogP contribution in [0.15, 0.2) is 12.1 Å². The van der Waals surface area contributed by atoms with Crippen LogP contribution in [-0.4, -0.2) is 44.3 Å². The number of aromatic carboxylic acids is 4. The highest BCUT2D eigenvalue weighted by Crippen LogP contribution is 2.39. The van der Waals surface area contributed by atoms with Gasteiger partial charge in [0, 0.05) is 5.56 Å². The van der Waals surface area contributed by atoms with Crippen molar-refractivity contribution >= 4 is 23.9 Å². The minimum atomic E-state index is -1.67. The summed E-state index contributed by atoms with van der Waals surface area (Å²) in [4.78, 5) is 47.3. The van der Waals surface area contributed by atoms with E-state index in [2.05, 4.69) is 0 Å². The molecule has 8 heteroatoms. The molecule has 0 fully saturated rings. The molecule has 0 aliphatic carbocycles. The highest BCUT2D eigenvalue weighted by atomic mass is 16.4. The summed E-state index contributed by atoms with van der Waals surface area (Å²) in [6.07, 6.45) is 0. The van der Waals surface area contributed by atoms with Crippen LogP contribution in [0.25, 0.3) is 11.1 Å². The standard InChI is InChI=1S/C20H18O8/c1-7-5-8(2)10(4)13(9(7)3)16-14(19(25)26)11(17(21)22)6-12(18(23)24)15(16)20(27)28/h5-6H,1-4H3,(H,21,22)(H,23,24)(H,25,26)(H,27,28). The minimum Gasteiger partial charge on any atom is -0.478 e. The molecule has 8 nitrogen and oxygen atoms in total. The van der Waals surface area contributed by atoms with Crippen molar-refractivity contribution in [3.63, 3.8) is 0 Å². The fourth-order valence-electron chi connectivity index (χ4n) is 3.31. The van der Waals surface area contributed by atoms with E-state index in [1.54, 1.807) is 27.7 Å². The maximum absolute atomic E-state index is 12.0. The number of carbonyl (C=O) groups is 4. The molecule has 2 rings (SSSR count). The Kier molecular flexibility index (Phi) is 5.27. The molecule has 0 aromatic heterocycles. The van der Waals surface area contributed by atoms with Gasteiger partial charge in [0.05, 0.1) is 22.3 Å². The van der Waals surface area contributed by atoms with Gasteiger partial charge in [-0.2, -0.15) is 0 Å². The first-order chi connectivity index (χ1) is 12.9. The average Bonchev–Trinajstić information content (AvgIpc) is 2.58. The molecule has 146 valence electrons. The Morgan fingerprint density at radius 1 is 0.571 bits per heavy atom. The Balaban J connectivity index is 3.31. The van der Waals surface area contributed by atoms with Gasteiger partial charge in [0.25, 0.3) is 0 Å². The summed E-state index contributed by atoms with van der Waals surface area (Å²) in [5.74, 6) is -6.66. The fraction of sp³-hybridized carbons (Fsp3) is 0.200. The van der Waals surface area contributed by atoms with Crippen LogP contribution in [0.3, 0.4) is 0 Å². The Labute approximate surface area is 159 Å². The fourth-order valence-corrected chi connectivity index (χ4v) is 3.31. The van der Waals surface area contributed by atoms with Crippen molar-refractivity contribution in [2.24, 2.45) is 0 Å². The maximum atomic E-state index is 12.0. The Morgan fingerprint density at radius 2 is 0.929 bits per heavy atom. The topological polar surface area (TPSA) is 149 Å². The number of carboxylic acids is 4. The molecule has 28 heavy (non-hydrogen) atoms. The smallest absolute Gasteiger partial charge is 0.337 e. The third-order valence-corrected chi connectivity index (χ3v) is 4.83. The molecule has 4 N–H and O–H groups in total. The summed E-state index contributed by atoms with van der Waals surface area (Å²) in [5.41, 5.74) is -0.786. The third kappa shape index (κ3) is 3.20. The quantitative estimate of drug-likeness (QED) is 0.611. The van der Waals surface area contributed by atoms with Gasteiger partial charge in [-0.25, -0.2) is 19.2 Å². The largest absolute Gasteiger partial charge is 0.478 e. The summed E-state index contributed by atoms with van der Waals surface area (Å²) in [7, 11) is 0. The van der Waals surface area contributed by atoms with Crippen molar-refractivity contribution in [2.45, 2.75) is 27.7 Å². The predicted molar refractivity (Wildman–Crippen MR) is 98.7 cm³/mol. The molecule has 0 radical (unpaired) electrons. The van der Waals surface area contributed by atoms with Gasteiger partial charge in [-0.05, 0) is 61.6 Å². The first-order valence-electron chi connectivity index (χ1n) is 8.12. The van der Waals surface area contributed by atoms with Gasteiger partial charge in [-0.1, -0.05) is 6.07 Å². The van der Waals surface area contributed by atoms with Gasteiger partial charge in [-0.15, -0.1) is 0 Å². The van der Waals surface area contributed by atoms with Gasteiger partial charge >= 0.3 is 23.9 Å². The molecule has 2 aromatic rings. The van der Waals surface area contributed by atoms with E-state index in [0.717, 1.165) is 11.1 Å². The number of hydrogen-bond acceptors (Lipinski definition) is 4. The lowest BCUT2D eigenvalue weighted by Crippen LogP contribution is -2.19. The molecule has 0 bridgehead atoms. The zero-order valence-electron chi connectivity index (χ0n) is 15.6. The van der Waals surface area contributed by atoms with Crippen molar-refractivity contribution in [3.05, 3.63) is 56.6 Å². The van der Waals surface area contributed by atoms with Crippen LogP contribution >= 0.6 is 0 Å². The molecule has 0 aliphatic rings. The Bertz CT molecular complexity index is 986. The van der Waals surface area contributed by atoms with Crippen LogP contribution in [0.5, 0.6) is 0 Å². The average molecular weight is 386 g/mol. The van der Waals surface area contributed by atoms with Gasteiger partial charge < -0.3 is 20.4 Å². The second kappa shape index (κ2) is 7.15. The van der Waals surface area contributed by atoms with Gasteiger partial charge in [0.1, 0.15) is 0 Å². The summed E-state index contributed by atoms with van der Waals surface area (Å²) in [6, 6.07) is 2.41. The maximum Gasteiger partial charge on any atom is 0.337 e. The van der Waals surface area contributed by atoms with Gasteiger partial charge in [0.15, 0.2) is 0 Å². The van der Waals surface area contributed by atoms with Crippen LogP contribution in [0, 0.1) is 27.7 Å². The highest BCUT2D eigenvalue weighted by Gasteiger charge is 2.33. The van der Waals surface area contributed by atoms with E-state index in [-0.39, 0.29) is 5.56 Å². The minimum absolute atomic E-state index is 0.206. The molecule has 0 saturated heterocycles. The van der Waals surface area contributed by atoms with Crippen molar-refractivity contribution < 1.29 is 39.6 Å². The molecule has 0 unspecified atom stereocenters. The van der Waals surface area contributed by atoms with E-state index in [0.29, 0.717) is 17.2 Å². The molecule has 0 amide bonds. The van der Waals surface area contributed by atoms with Crippen molar-refractivity contribution in [2.75, 3.05) is 0 Å². The number of aryl methyl sites for hydroxylation is 2. The van der Waals surface area contributed by atoms with Crippen LogP contribution in [0.4, 0.5) is 0 Å². The number of benzene rings is 2. The Hall–Kier alpha value is -3.68. The van der Waals surface area contributed by atoms with E-state index in [9.17, 15) is 39.6 Å². The van der Waals surface area contributed by atoms with Gasteiger partial charge in [0.2, 0.25) is 0 Å². The third-order valence-electron chi connectivity index (χ3n) is 4.83. The van der Waals surface area contributed by atoms with Crippen LogP contribution in [0.1, 0.15) is 63.7 Å². The summed E-state index contributed by atoms with van der Waals surface area (Å²) >= 11 is 0. The highest BCUT2D eigenvalue weighted by molar-refractivity contribution is 6.16. The first kappa shape index (κ1) is 20.6. The van der Waals surface area contributed by atoms with Crippen LogP contribution < -0.4 is 0 Å². The van der Waals surface area contributed by atoms with E-state index in [1.165, 1.54) is 0 Å². The monoisotopic (exact) mass is 386 g/mol. The van der Waals surface area contributed by atoms with Crippen LogP contribution in [0.2, 0.25) is 0 Å². The second-order valence-electron chi connectivity index (χ2n) is 6.45. The molecular weight excluding hydrogens is 368 g/mol. The molecule has 0 heterocycles. The molecular formula is C20H18O8. The normalized spacial score (nSPS) is 10.6.